The zero-order valence-corrected chi connectivity index (χ0v) is 12.8. The van der Waals surface area contributed by atoms with E-state index in [1.165, 1.54) is 0 Å². The lowest BCUT2D eigenvalue weighted by molar-refractivity contribution is -0.120. The van der Waals surface area contributed by atoms with Gasteiger partial charge in [-0.1, -0.05) is 22.9 Å². The molecule has 0 aromatic heterocycles. The first kappa shape index (κ1) is 14.5. The van der Waals surface area contributed by atoms with Crippen LogP contribution in [0.4, 0.5) is 5.69 Å². The van der Waals surface area contributed by atoms with Gasteiger partial charge in [-0.05, 0) is 37.2 Å². The van der Waals surface area contributed by atoms with Gasteiger partial charge in [0.2, 0.25) is 5.91 Å². The average Bonchev–Trinajstić information content (AvgIpc) is 2.89. The molecule has 0 radical (unpaired) electrons. The monoisotopic (exact) mass is 326 g/mol. The van der Waals surface area contributed by atoms with Crippen molar-refractivity contribution in [2.24, 2.45) is 5.92 Å². The Labute approximate surface area is 122 Å². The highest BCUT2D eigenvalue weighted by atomic mass is 79.9. The lowest BCUT2D eigenvalue weighted by Crippen LogP contribution is -2.39. The number of hydrogen-bond donors (Lipinski definition) is 2. The summed E-state index contributed by atoms with van der Waals surface area (Å²) in [6.45, 7) is 3.15. The van der Waals surface area contributed by atoms with Gasteiger partial charge in [0, 0.05) is 16.2 Å². The number of aryl methyl sites for hydroxylation is 1. The Kier molecular flexibility index (Phi) is 4.96. The Bertz CT molecular complexity index is 465. The Balaban J connectivity index is 2.10. The first-order valence-corrected chi connectivity index (χ1v) is 7.29. The number of carbonyl (C=O) groups is 1. The van der Waals surface area contributed by atoms with Crippen LogP contribution in [0.2, 0.25) is 0 Å². The summed E-state index contributed by atoms with van der Waals surface area (Å²) in [6, 6.07) is 6.01. The van der Waals surface area contributed by atoms with Crippen molar-refractivity contribution in [3.8, 4) is 0 Å². The molecule has 0 spiro atoms. The largest absolute Gasteiger partial charge is 0.379 e. The lowest BCUT2D eigenvalue weighted by Gasteiger charge is -2.18. The summed E-state index contributed by atoms with van der Waals surface area (Å²) in [5.74, 6) is -0.104. The zero-order chi connectivity index (χ0) is 13.8. The Morgan fingerprint density at radius 3 is 2.95 bits per heavy atom. The SMILES string of the molecule is CCc1cc(Br)ccc1NC(=O)C1COCC1NC. The third-order valence-corrected chi connectivity index (χ3v) is 3.99. The molecule has 5 heteroatoms. The smallest absolute Gasteiger partial charge is 0.231 e. The van der Waals surface area contributed by atoms with E-state index in [4.69, 9.17) is 4.74 Å². The Morgan fingerprint density at radius 1 is 1.47 bits per heavy atom. The molecule has 1 aromatic carbocycles. The van der Waals surface area contributed by atoms with Gasteiger partial charge < -0.3 is 15.4 Å². The van der Waals surface area contributed by atoms with Gasteiger partial charge in [0.15, 0.2) is 0 Å². The molecule has 0 saturated carbocycles. The van der Waals surface area contributed by atoms with Crippen LogP contribution in [0, 0.1) is 5.92 Å². The van der Waals surface area contributed by atoms with Crippen molar-refractivity contribution < 1.29 is 9.53 Å². The molecule has 1 heterocycles. The number of ether oxygens (including phenoxy) is 1. The summed E-state index contributed by atoms with van der Waals surface area (Å²) in [5, 5.41) is 6.14. The first-order chi connectivity index (χ1) is 9.15. The van der Waals surface area contributed by atoms with Gasteiger partial charge in [0.1, 0.15) is 0 Å². The molecule has 4 nitrogen and oxygen atoms in total. The minimum atomic E-state index is -0.127. The molecule has 2 rings (SSSR count). The molecule has 1 aliphatic rings. The quantitative estimate of drug-likeness (QED) is 0.891. The molecule has 2 atom stereocenters. The van der Waals surface area contributed by atoms with Gasteiger partial charge >= 0.3 is 0 Å². The standard InChI is InChI=1S/C14H19BrN2O2/c1-3-9-6-10(15)4-5-12(9)17-14(18)11-7-19-8-13(11)16-2/h4-6,11,13,16H,3,7-8H2,1-2H3,(H,17,18). The number of benzene rings is 1. The molecule has 2 N–H and O–H groups in total. The zero-order valence-electron chi connectivity index (χ0n) is 11.2. The van der Waals surface area contributed by atoms with Crippen molar-refractivity contribution in [2.45, 2.75) is 19.4 Å². The third-order valence-electron chi connectivity index (χ3n) is 3.49. The molecule has 2 unspecified atom stereocenters. The van der Waals surface area contributed by atoms with Gasteiger partial charge in [0.05, 0.1) is 19.1 Å². The van der Waals surface area contributed by atoms with E-state index in [0.29, 0.717) is 13.2 Å². The maximum absolute atomic E-state index is 12.3. The predicted octanol–water partition coefficient (Wildman–Crippen LogP) is 2.18. The highest BCUT2D eigenvalue weighted by molar-refractivity contribution is 9.10. The van der Waals surface area contributed by atoms with Crippen LogP contribution in [0.5, 0.6) is 0 Å². The molecular weight excluding hydrogens is 308 g/mol. The number of carbonyl (C=O) groups excluding carboxylic acids is 1. The fourth-order valence-corrected chi connectivity index (χ4v) is 2.71. The molecule has 1 amide bonds. The normalized spacial score (nSPS) is 22.5. The maximum atomic E-state index is 12.3. The third kappa shape index (κ3) is 3.35. The minimum Gasteiger partial charge on any atom is -0.379 e. The van der Waals surface area contributed by atoms with E-state index < -0.39 is 0 Å². The van der Waals surface area contributed by atoms with Crippen molar-refractivity contribution in [1.82, 2.24) is 5.32 Å². The van der Waals surface area contributed by atoms with E-state index in [1.807, 2.05) is 25.2 Å². The van der Waals surface area contributed by atoms with Gasteiger partial charge in [-0.2, -0.15) is 0 Å². The molecule has 1 saturated heterocycles. The highest BCUT2D eigenvalue weighted by Gasteiger charge is 2.33. The van der Waals surface area contributed by atoms with Crippen LogP contribution < -0.4 is 10.6 Å². The van der Waals surface area contributed by atoms with Crippen molar-refractivity contribution in [2.75, 3.05) is 25.6 Å². The molecule has 1 aliphatic heterocycles. The molecule has 0 bridgehead atoms. The number of likely N-dealkylation sites (N-methyl/N-ethyl adjacent to an activating group) is 1. The van der Waals surface area contributed by atoms with Crippen LogP contribution in [-0.2, 0) is 16.0 Å². The van der Waals surface area contributed by atoms with Crippen LogP contribution >= 0.6 is 15.9 Å². The molecule has 104 valence electrons. The molecule has 1 fully saturated rings. The second kappa shape index (κ2) is 6.50. The van der Waals surface area contributed by atoms with Gasteiger partial charge in [-0.3, -0.25) is 4.79 Å². The van der Waals surface area contributed by atoms with E-state index in [2.05, 4.69) is 33.5 Å². The Morgan fingerprint density at radius 2 is 2.26 bits per heavy atom. The van der Waals surface area contributed by atoms with E-state index in [9.17, 15) is 4.79 Å². The van der Waals surface area contributed by atoms with E-state index in [1.54, 1.807) is 0 Å². The van der Waals surface area contributed by atoms with Crippen molar-refractivity contribution in [3.63, 3.8) is 0 Å². The average molecular weight is 327 g/mol. The summed E-state index contributed by atoms with van der Waals surface area (Å²) in [4.78, 5) is 12.3. The second-order valence-electron chi connectivity index (χ2n) is 4.68. The number of nitrogens with one attached hydrogen (secondary N) is 2. The number of anilines is 1. The molecule has 19 heavy (non-hydrogen) atoms. The van der Waals surface area contributed by atoms with Crippen LogP contribution in [0.1, 0.15) is 12.5 Å². The van der Waals surface area contributed by atoms with Crippen molar-refractivity contribution in [1.29, 1.82) is 0 Å². The number of halogens is 1. The topological polar surface area (TPSA) is 50.4 Å². The number of rotatable bonds is 4. The van der Waals surface area contributed by atoms with E-state index in [-0.39, 0.29) is 17.9 Å². The van der Waals surface area contributed by atoms with Crippen LogP contribution in [0.3, 0.4) is 0 Å². The molecule has 0 aliphatic carbocycles. The molecular formula is C14H19BrN2O2. The number of hydrogen-bond acceptors (Lipinski definition) is 3. The van der Waals surface area contributed by atoms with E-state index >= 15 is 0 Å². The van der Waals surface area contributed by atoms with Gasteiger partial charge in [-0.15, -0.1) is 0 Å². The van der Waals surface area contributed by atoms with Crippen LogP contribution in [0.15, 0.2) is 22.7 Å². The predicted molar refractivity (Wildman–Crippen MR) is 79.3 cm³/mol. The van der Waals surface area contributed by atoms with Crippen LogP contribution in [-0.4, -0.2) is 32.2 Å². The van der Waals surface area contributed by atoms with Gasteiger partial charge in [-0.25, -0.2) is 0 Å². The summed E-state index contributed by atoms with van der Waals surface area (Å²) in [7, 11) is 1.86. The summed E-state index contributed by atoms with van der Waals surface area (Å²) in [5.41, 5.74) is 2.01. The lowest BCUT2D eigenvalue weighted by atomic mass is 10.0. The minimum absolute atomic E-state index is 0.0221. The summed E-state index contributed by atoms with van der Waals surface area (Å²) >= 11 is 3.45. The fraction of sp³-hybridized carbons (Fsp3) is 0.500. The highest BCUT2D eigenvalue weighted by Crippen LogP contribution is 2.23. The summed E-state index contributed by atoms with van der Waals surface area (Å²) in [6.07, 6.45) is 0.881. The molecule has 1 aromatic rings. The maximum Gasteiger partial charge on any atom is 0.231 e. The number of amides is 1. The summed E-state index contributed by atoms with van der Waals surface area (Å²) < 4.78 is 6.39. The Hall–Kier alpha value is -0.910. The fourth-order valence-electron chi connectivity index (χ4n) is 2.30. The van der Waals surface area contributed by atoms with Crippen LogP contribution in [0.25, 0.3) is 0 Å². The first-order valence-electron chi connectivity index (χ1n) is 6.50. The van der Waals surface area contributed by atoms with Gasteiger partial charge in [0.25, 0.3) is 0 Å². The van der Waals surface area contributed by atoms with Crippen molar-refractivity contribution in [3.05, 3.63) is 28.2 Å². The van der Waals surface area contributed by atoms with Crippen molar-refractivity contribution >= 4 is 27.5 Å². The van der Waals surface area contributed by atoms with E-state index in [0.717, 1.165) is 22.1 Å². The second-order valence-corrected chi connectivity index (χ2v) is 5.60.